The molecule has 0 aliphatic carbocycles. The highest BCUT2D eigenvalue weighted by atomic mass is 16.6. The van der Waals surface area contributed by atoms with Gasteiger partial charge in [0.2, 0.25) is 0 Å². The number of hydrogen-bond acceptors (Lipinski definition) is 4. The minimum absolute atomic E-state index is 0.169. The Bertz CT molecular complexity index is 607. The zero-order valence-corrected chi connectivity index (χ0v) is 14.2. The van der Waals surface area contributed by atoms with Crippen LogP contribution in [0.2, 0.25) is 0 Å². The van der Waals surface area contributed by atoms with Gasteiger partial charge in [-0.25, -0.2) is 4.79 Å². The van der Waals surface area contributed by atoms with Crippen LogP contribution in [0.4, 0.5) is 0 Å². The van der Waals surface area contributed by atoms with Crippen LogP contribution >= 0.6 is 0 Å². The molecule has 2 aromatic carbocycles. The summed E-state index contributed by atoms with van der Waals surface area (Å²) in [5, 5.41) is 0. The van der Waals surface area contributed by atoms with E-state index in [2.05, 4.69) is 6.92 Å². The van der Waals surface area contributed by atoms with E-state index in [1.54, 1.807) is 24.3 Å². The SMILES string of the molecule is CCCC(C)Oc1ccc(C(=O)OCCOc2ccccc2)cc1. The smallest absolute Gasteiger partial charge is 0.338 e. The molecule has 0 spiro atoms. The van der Waals surface area contributed by atoms with E-state index < -0.39 is 0 Å². The lowest BCUT2D eigenvalue weighted by Crippen LogP contribution is -2.13. The van der Waals surface area contributed by atoms with Crippen molar-refractivity contribution in [2.45, 2.75) is 32.8 Å². The van der Waals surface area contributed by atoms with E-state index in [9.17, 15) is 4.79 Å². The average Bonchev–Trinajstić information content (AvgIpc) is 2.60. The van der Waals surface area contributed by atoms with Crippen LogP contribution in [0, 0.1) is 0 Å². The fourth-order valence-corrected chi connectivity index (χ4v) is 2.26. The number of benzene rings is 2. The number of rotatable bonds is 9. The summed E-state index contributed by atoms with van der Waals surface area (Å²) in [5.41, 5.74) is 0.505. The lowest BCUT2D eigenvalue weighted by Gasteiger charge is -2.13. The molecule has 0 fully saturated rings. The van der Waals surface area contributed by atoms with Gasteiger partial charge in [-0.3, -0.25) is 0 Å². The van der Waals surface area contributed by atoms with Crippen molar-refractivity contribution in [2.24, 2.45) is 0 Å². The molecule has 0 saturated carbocycles. The first-order chi connectivity index (χ1) is 11.7. The molecule has 0 bridgehead atoms. The molecular weight excluding hydrogens is 304 g/mol. The van der Waals surface area contributed by atoms with Crippen molar-refractivity contribution in [1.82, 2.24) is 0 Å². The molecule has 0 aromatic heterocycles. The lowest BCUT2D eigenvalue weighted by molar-refractivity contribution is 0.0450. The topological polar surface area (TPSA) is 44.8 Å². The lowest BCUT2D eigenvalue weighted by atomic mass is 10.2. The molecule has 128 valence electrons. The molecule has 4 heteroatoms. The number of esters is 1. The molecule has 0 amide bonds. The predicted octanol–water partition coefficient (Wildman–Crippen LogP) is 4.49. The van der Waals surface area contributed by atoms with E-state index >= 15 is 0 Å². The van der Waals surface area contributed by atoms with Gasteiger partial charge in [0, 0.05) is 0 Å². The number of para-hydroxylation sites is 1. The highest BCUT2D eigenvalue weighted by molar-refractivity contribution is 5.89. The standard InChI is InChI=1S/C20H24O4/c1-3-7-16(2)24-19-12-10-17(11-13-19)20(21)23-15-14-22-18-8-5-4-6-9-18/h4-6,8-13,16H,3,7,14-15H2,1-2H3. The van der Waals surface area contributed by atoms with E-state index in [0.29, 0.717) is 12.2 Å². The third-order valence-corrected chi connectivity index (χ3v) is 3.45. The molecule has 0 N–H and O–H groups in total. The van der Waals surface area contributed by atoms with Gasteiger partial charge in [0.1, 0.15) is 24.7 Å². The first-order valence-electron chi connectivity index (χ1n) is 8.30. The predicted molar refractivity (Wildman–Crippen MR) is 93.7 cm³/mol. The van der Waals surface area contributed by atoms with Crippen molar-refractivity contribution in [3.8, 4) is 11.5 Å². The van der Waals surface area contributed by atoms with E-state index in [4.69, 9.17) is 14.2 Å². The summed E-state index contributed by atoms with van der Waals surface area (Å²) in [6, 6.07) is 16.5. The number of hydrogen-bond donors (Lipinski definition) is 0. The Hall–Kier alpha value is -2.49. The van der Waals surface area contributed by atoms with Crippen molar-refractivity contribution in [3.63, 3.8) is 0 Å². The third kappa shape index (κ3) is 5.95. The second kappa shape index (κ2) is 9.60. The average molecular weight is 328 g/mol. The van der Waals surface area contributed by atoms with Crippen molar-refractivity contribution in [2.75, 3.05) is 13.2 Å². The summed E-state index contributed by atoms with van der Waals surface area (Å²) in [4.78, 5) is 12.0. The zero-order valence-electron chi connectivity index (χ0n) is 14.2. The molecule has 2 rings (SSSR count). The Balaban J connectivity index is 1.74. The van der Waals surface area contributed by atoms with Gasteiger partial charge in [-0.15, -0.1) is 0 Å². The molecule has 0 aliphatic rings. The molecule has 1 unspecified atom stereocenters. The summed E-state index contributed by atoms with van der Waals surface area (Å²) >= 11 is 0. The van der Waals surface area contributed by atoms with Crippen LogP contribution in [0.5, 0.6) is 11.5 Å². The Morgan fingerprint density at radius 1 is 0.958 bits per heavy atom. The number of carbonyl (C=O) groups excluding carboxylic acids is 1. The molecule has 0 heterocycles. The summed E-state index contributed by atoms with van der Waals surface area (Å²) < 4.78 is 16.5. The molecule has 24 heavy (non-hydrogen) atoms. The monoisotopic (exact) mass is 328 g/mol. The van der Waals surface area contributed by atoms with Gasteiger partial charge < -0.3 is 14.2 Å². The summed E-state index contributed by atoms with van der Waals surface area (Å²) in [5.74, 6) is 1.16. The van der Waals surface area contributed by atoms with Gasteiger partial charge in [-0.05, 0) is 49.7 Å². The molecule has 2 aromatic rings. The highest BCUT2D eigenvalue weighted by Gasteiger charge is 2.08. The van der Waals surface area contributed by atoms with Crippen LogP contribution in [0.3, 0.4) is 0 Å². The number of ether oxygens (including phenoxy) is 3. The minimum Gasteiger partial charge on any atom is -0.491 e. The fraction of sp³-hybridized carbons (Fsp3) is 0.350. The van der Waals surface area contributed by atoms with E-state index in [-0.39, 0.29) is 18.7 Å². The Kier molecular flexibility index (Phi) is 7.15. The van der Waals surface area contributed by atoms with Crippen LogP contribution in [0.1, 0.15) is 37.0 Å². The van der Waals surface area contributed by atoms with Crippen LogP contribution < -0.4 is 9.47 Å². The number of carbonyl (C=O) groups is 1. The molecule has 1 atom stereocenters. The molecule has 0 saturated heterocycles. The van der Waals surface area contributed by atoms with E-state index in [0.717, 1.165) is 24.3 Å². The van der Waals surface area contributed by atoms with Crippen molar-refractivity contribution >= 4 is 5.97 Å². The maximum Gasteiger partial charge on any atom is 0.338 e. The normalized spacial score (nSPS) is 11.6. The third-order valence-electron chi connectivity index (χ3n) is 3.45. The first kappa shape index (κ1) is 17.9. The van der Waals surface area contributed by atoms with Gasteiger partial charge in [0.15, 0.2) is 0 Å². The zero-order chi connectivity index (χ0) is 17.2. The second-order valence-corrected chi connectivity index (χ2v) is 5.54. The van der Waals surface area contributed by atoms with Crippen molar-refractivity contribution in [1.29, 1.82) is 0 Å². The molecular formula is C20H24O4. The van der Waals surface area contributed by atoms with E-state index in [1.165, 1.54) is 0 Å². The van der Waals surface area contributed by atoms with Crippen molar-refractivity contribution < 1.29 is 19.0 Å². The van der Waals surface area contributed by atoms with Crippen LogP contribution in [-0.4, -0.2) is 25.3 Å². The quantitative estimate of drug-likeness (QED) is 0.502. The maximum atomic E-state index is 12.0. The first-order valence-corrected chi connectivity index (χ1v) is 8.30. The largest absolute Gasteiger partial charge is 0.491 e. The van der Waals surface area contributed by atoms with Crippen LogP contribution in [0.15, 0.2) is 54.6 Å². The molecule has 4 nitrogen and oxygen atoms in total. The fourth-order valence-electron chi connectivity index (χ4n) is 2.26. The highest BCUT2D eigenvalue weighted by Crippen LogP contribution is 2.16. The van der Waals surface area contributed by atoms with Crippen LogP contribution in [-0.2, 0) is 4.74 Å². The second-order valence-electron chi connectivity index (χ2n) is 5.54. The molecule has 0 aliphatic heterocycles. The Morgan fingerprint density at radius 2 is 1.67 bits per heavy atom. The maximum absolute atomic E-state index is 12.0. The summed E-state index contributed by atoms with van der Waals surface area (Å²) in [6.45, 7) is 4.70. The van der Waals surface area contributed by atoms with Crippen LogP contribution in [0.25, 0.3) is 0 Å². The Labute approximate surface area is 143 Å². The van der Waals surface area contributed by atoms with Gasteiger partial charge in [-0.1, -0.05) is 31.5 Å². The van der Waals surface area contributed by atoms with Gasteiger partial charge in [0.05, 0.1) is 11.7 Å². The van der Waals surface area contributed by atoms with Gasteiger partial charge in [0.25, 0.3) is 0 Å². The summed E-state index contributed by atoms with van der Waals surface area (Å²) in [6.07, 6.45) is 2.25. The Morgan fingerprint density at radius 3 is 2.33 bits per heavy atom. The summed E-state index contributed by atoms with van der Waals surface area (Å²) in [7, 11) is 0. The minimum atomic E-state index is -0.361. The van der Waals surface area contributed by atoms with Gasteiger partial charge in [-0.2, -0.15) is 0 Å². The molecule has 0 radical (unpaired) electrons. The van der Waals surface area contributed by atoms with Crippen molar-refractivity contribution in [3.05, 3.63) is 60.2 Å². The van der Waals surface area contributed by atoms with E-state index in [1.807, 2.05) is 37.3 Å². The van der Waals surface area contributed by atoms with Gasteiger partial charge >= 0.3 is 5.97 Å².